The molecule has 0 aromatic heterocycles. The molecular weight excluding hydrogens is 442 g/mol. The summed E-state index contributed by atoms with van der Waals surface area (Å²) < 4.78 is 39.4. The van der Waals surface area contributed by atoms with E-state index in [1.165, 1.54) is 12.1 Å². The van der Waals surface area contributed by atoms with Crippen LogP contribution in [0.3, 0.4) is 0 Å². The highest BCUT2D eigenvalue weighted by atomic mass is 32.2. The predicted octanol–water partition coefficient (Wildman–Crippen LogP) is 3.75. The molecule has 4 rings (SSSR count). The molecule has 2 aromatic rings. The number of carbonyl (C=O) groups excluding carboxylic acids is 1. The number of anilines is 1. The fourth-order valence-corrected chi connectivity index (χ4v) is 4.92. The first kappa shape index (κ1) is 23.3. The Hall–Kier alpha value is -2.91. The van der Waals surface area contributed by atoms with Gasteiger partial charge < -0.3 is 14.8 Å². The minimum Gasteiger partial charge on any atom is -0.491 e. The first-order valence-electron chi connectivity index (χ1n) is 11.3. The maximum absolute atomic E-state index is 12.8. The van der Waals surface area contributed by atoms with Gasteiger partial charge in [-0.25, -0.2) is 8.42 Å². The number of carbonyl (C=O) groups is 1. The molecule has 0 spiro atoms. The van der Waals surface area contributed by atoms with Crippen LogP contribution in [0.2, 0.25) is 0 Å². The van der Waals surface area contributed by atoms with Crippen molar-refractivity contribution in [3.8, 4) is 5.75 Å². The van der Waals surface area contributed by atoms with Crippen molar-refractivity contribution in [1.82, 2.24) is 4.72 Å². The zero-order valence-electron chi connectivity index (χ0n) is 18.5. The molecule has 2 N–H and O–H groups in total. The lowest BCUT2D eigenvalue weighted by molar-refractivity contribution is 0.0679. The van der Waals surface area contributed by atoms with E-state index in [-0.39, 0.29) is 16.9 Å². The normalized spacial score (nSPS) is 18.8. The largest absolute Gasteiger partial charge is 0.491 e. The van der Waals surface area contributed by atoms with Crippen molar-refractivity contribution >= 4 is 27.5 Å². The summed E-state index contributed by atoms with van der Waals surface area (Å²) in [4.78, 5) is 17.1. The van der Waals surface area contributed by atoms with Crippen LogP contribution in [0, 0.1) is 0 Å². The van der Waals surface area contributed by atoms with Crippen molar-refractivity contribution < 1.29 is 22.7 Å². The number of sulfonamides is 1. The van der Waals surface area contributed by atoms with Crippen LogP contribution < -0.4 is 14.8 Å². The maximum atomic E-state index is 12.8. The van der Waals surface area contributed by atoms with E-state index in [1.807, 2.05) is 0 Å². The molecule has 1 unspecified atom stereocenters. The molecule has 8 nitrogen and oxygen atoms in total. The molecule has 2 heterocycles. The van der Waals surface area contributed by atoms with Gasteiger partial charge in [0.1, 0.15) is 18.2 Å². The van der Waals surface area contributed by atoms with Gasteiger partial charge in [0, 0.05) is 30.8 Å². The van der Waals surface area contributed by atoms with Gasteiger partial charge in [-0.1, -0.05) is 12.5 Å². The van der Waals surface area contributed by atoms with Gasteiger partial charge in [-0.3, -0.25) is 14.5 Å². The number of nitrogens with zero attached hydrogens (tertiary/aromatic N) is 1. The van der Waals surface area contributed by atoms with E-state index in [2.05, 4.69) is 15.0 Å². The summed E-state index contributed by atoms with van der Waals surface area (Å²) >= 11 is 0. The van der Waals surface area contributed by atoms with Crippen LogP contribution in [0.25, 0.3) is 0 Å². The quantitative estimate of drug-likeness (QED) is 0.640. The van der Waals surface area contributed by atoms with Crippen LogP contribution in [-0.4, -0.2) is 46.0 Å². The molecule has 33 heavy (non-hydrogen) atoms. The molecule has 0 radical (unpaired) electrons. The van der Waals surface area contributed by atoms with Gasteiger partial charge in [0.15, 0.2) is 0 Å². The van der Waals surface area contributed by atoms with Gasteiger partial charge in [0.25, 0.3) is 15.9 Å². The van der Waals surface area contributed by atoms with Gasteiger partial charge in [0.05, 0.1) is 11.0 Å². The summed E-state index contributed by atoms with van der Waals surface area (Å²) in [6, 6.07) is 13.0. The van der Waals surface area contributed by atoms with E-state index in [0.29, 0.717) is 42.4 Å². The van der Waals surface area contributed by atoms with Crippen molar-refractivity contribution in [2.24, 2.45) is 4.99 Å². The molecule has 1 saturated heterocycles. The van der Waals surface area contributed by atoms with Crippen LogP contribution in [0.4, 0.5) is 5.69 Å². The Bertz CT molecular complexity index is 1090. The lowest BCUT2D eigenvalue weighted by Crippen LogP contribution is -2.30. The number of ether oxygens (including phenoxy) is 2. The average molecular weight is 472 g/mol. The lowest BCUT2D eigenvalue weighted by Gasteiger charge is -2.12. The summed E-state index contributed by atoms with van der Waals surface area (Å²) in [5.41, 5.74) is 0.836. The maximum Gasteiger partial charge on any atom is 0.262 e. The highest BCUT2D eigenvalue weighted by Gasteiger charge is 2.19. The molecule has 0 saturated carbocycles. The summed E-state index contributed by atoms with van der Waals surface area (Å²) in [5.74, 6) is 0.822. The molecule has 2 aliphatic heterocycles. The number of amides is 1. The zero-order chi connectivity index (χ0) is 23.1. The van der Waals surface area contributed by atoms with E-state index in [9.17, 15) is 13.2 Å². The second kappa shape index (κ2) is 10.8. The second-order valence-electron chi connectivity index (χ2n) is 8.20. The predicted molar refractivity (Wildman–Crippen MR) is 126 cm³/mol. The molecule has 2 aliphatic rings. The first-order chi connectivity index (χ1) is 16.0. The molecule has 1 amide bonds. The average Bonchev–Trinajstić information content (AvgIpc) is 3.21. The Kier molecular flexibility index (Phi) is 7.61. The third kappa shape index (κ3) is 6.55. The molecular formula is C24H29N3O5S. The van der Waals surface area contributed by atoms with Crippen LogP contribution in [-0.2, 0) is 14.8 Å². The van der Waals surface area contributed by atoms with Crippen molar-refractivity contribution in [2.45, 2.75) is 49.5 Å². The number of nitrogens with one attached hydrogen (secondary N) is 2. The topological polar surface area (TPSA) is 106 Å². The Morgan fingerprint density at radius 1 is 1.09 bits per heavy atom. The molecule has 1 atom stereocenters. The Morgan fingerprint density at radius 3 is 2.73 bits per heavy atom. The zero-order valence-corrected chi connectivity index (χ0v) is 19.3. The van der Waals surface area contributed by atoms with E-state index in [4.69, 9.17) is 9.47 Å². The van der Waals surface area contributed by atoms with Gasteiger partial charge in [-0.2, -0.15) is 0 Å². The van der Waals surface area contributed by atoms with E-state index in [0.717, 1.165) is 38.7 Å². The summed E-state index contributed by atoms with van der Waals surface area (Å²) in [5, 5.41) is 2.76. The van der Waals surface area contributed by atoms with E-state index < -0.39 is 10.0 Å². The van der Waals surface area contributed by atoms with Crippen LogP contribution >= 0.6 is 0 Å². The summed E-state index contributed by atoms with van der Waals surface area (Å²) in [7, 11) is -3.78. The third-order valence-corrected chi connectivity index (χ3v) is 6.98. The van der Waals surface area contributed by atoms with Crippen LogP contribution in [0.15, 0.2) is 58.4 Å². The number of hydrogen-bond donors (Lipinski definition) is 2. The van der Waals surface area contributed by atoms with Crippen molar-refractivity contribution in [1.29, 1.82) is 0 Å². The lowest BCUT2D eigenvalue weighted by atomic mass is 10.2. The SMILES string of the molecule is O=C(Nc1cccc(S(=O)(=O)NC2=NCCCCC2)c1)c1ccc(OCC2CCCO2)cc1. The Morgan fingerprint density at radius 2 is 1.94 bits per heavy atom. The van der Waals surface area contributed by atoms with E-state index in [1.54, 1.807) is 36.4 Å². The highest BCUT2D eigenvalue weighted by molar-refractivity contribution is 7.90. The summed E-state index contributed by atoms with van der Waals surface area (Å²) in [6.45, 7) is 1.90. The smallest absolute Gasteiger partial charge is 0.262 e. The molecule has 176 valence electrons. The second-order valence-corrected chi connectivity index (χ2v) is 9.88. The molecule has 2 aromatic carbocycles. The standard InChI is InChI=1S/C24H29N3O5S/c28-24(18-10-12-20(13-11-18)32-17-21-7-5-15-31-21)26-19-6-4-8-22(16-19)33(29,30)27-23-9-2-1-3-14-25-23/h4,6,8,10-13,16,21H,1-3,5,7,9,14-15,17H2,(H,25,27)(H,26,28). The van der Waals surface area contributed by atoms with Crippen molar-refractivity contribution in [2.75, 3.05) is 25.1 Å². The monoisotopic (exact) mass is 471 g/mol. The first-order valence-corrected chi connectivity index (χ1v) is 12.8. The Balaban J connectivity index is 1.37. The number of benzene rings is 2. The van der Waals surface area contributed by atoms with Gasteiger partial charge in [0.2, 0.25) is 0 Å². The molecule has 0 aliphatic carbocycles. The number of aliphatic imine (C=N–C) groups is 1. The number of amidine groups is 1. The van der Waals surface area contributed by atoms with Gasteiger partial charge in [-0.15, -0.1) is 0 Å². The van der Waals surface area contributed by atoms with Gasteiger partial charge in [-0.05, 0) is 68.1 Å². The van der Waals surface area contributed by atoms with Crippen LogP contribution in [0.5, 0.6) is 5.75 Å². The number of rotatable bonds is 7. The summed E-state index contributed by atoms with van der Waals surface area (Å²) in [6.07, 6.45) is 5.71. The molecule has 9 heteroatoms. The fourth-order valence-electron chi connectivity index (χ4n) is 3.78. The fraction of sp³-hybridized carbons (Fsp3) is 0.417. The molecule has 1 fully saturated rings. The highest BCUT2D eigenvalue weighted by Crippen LogP contribution is 2.19. The van der Waals surface area contributed by atoms with Crippen molar-refractivity contribution in [3.63, 3.8) is 0 Å². The van der Waals surface area contributed by atoms with E-state index >= 15 is 0 Å². The number of hydrogen-bond acceptors (Lipinski definition) is 6. The van der Waals surface area contributed by atoms with Crippen molar-refractivity contribution in [3.05, 3.63) is 54.1 Å². The van der Waals surface area contributed by atoms with Crippen LogP contribution in [0.1, 0.15) is 48.9 Å². The van der Waals surface area contributed by atoms with Gasteiger partial charge >= 0.3 is 0 Å². The molecule has 0 bridgehead atoms. The Labute approximate surface area is 194 Å². The minimum atomic E-state index is -3.78. The third-order valence-electron chi connectivity index (χ3n) is 5.61. The minimum absolute atomic E-state index is 0.0742.